The summed E-state index contributed by atoms with van der Waals surface area (Å²) in [7, 11) is 1.64. The summed E-state index contributed by atoms with van der Waals surface area (Å²) in [5, 5.41) is 12.4. The Labute approximate surface area is 148 Å². The van der Waals surface area contributed by atoms with E-state index in [4.69, 9.17) is 9.47 Å². The number of piperidine rings is 1. The molecule has 1 heterocycles. The van der Waals surface area contributed by atoms with Gasteiger partial charge in [0.1, 0.15) is 11.5 Å². The number of phenolic OH excluding ortho intramolecular Hbond substituents is 1. The van der Waals surface area contributed by atoms with Crippen molar-refractivity contribution in [3.63, 3.8) is 0 Å². The molecule has 5 nitrogen and oxygen atoms in total. The lowest BCUT2D eigenvalue weighted by Crippen LogP contribution is -2.39. The van der Waals surface area contributed by atoms with Crippen LogP contribution in [-0.4, -0.2) is 42.8 Å². The topological polar surface area (TPSA) is 59.0 Å². The molecule has 134 valence electrons. The van der Waals surface area contributed by atoms with Gasteiger partial charge in [-0.1, -0.05) is 12.1 Å². The van der Waals surface area contributed by atoms with Crippen LogP contribution in [0.2, 0.25) is 0 Å². The third-order valence-electron chi connectivity index (χ3n) is 4.82. The molecule has 0 radical (unpaired) electrons. The number of methoxy groups -OCH3 is 1. The fourth-order valence-corrected chi connectivity index (χ4v) is 3.52. The molecule has 25 heavy (non-hydrogen) atoms. The normalized spacial score (nSPS) is 18.2. The van der Waals surface area contributed by atoms with Crippen LogP contribution < -0.4 is 4.74 Å². The van der Waals surface area contributed by atoms with Gasteiger partial charge in [-0.25, -0.2) is 0 Å². The maximum absolute atomic E-state index is 12.0. The Morgan fingerprint density at radius 1 is 1.32 bits per heavy atom. The van der Waals surface area contributed by atoms with Gasteiger partial charge in [0.25, 0.3) is 0 Å². The highest BCUT2D eigenvalue weighted by Gasteiger charge is 2.27. The van der Waals surface area contributed by atoms with Crippen LogP contribution in [0.5, 0.6) is 11.5 Å². The summed E-state index contributed by atoms with van der Waals surface area (Å²) in [6, 6.07) is 9.51. The van der Waals surface area contributed by atoms with Crippen LogP contribution >= 0.6 is 0 Å². The average Bonchev–Trinajstić information content (AvgIpc) is 2.64. The molecule has 2 aromatic rings. The number of nitrogens with zero attached hydrogens (tertiary/aromatic N) is 1. The van der Waals surface area contributed by atoms with Gasteiger partial charge in [0.05, 0.1) is 19.6 Å². The van der Waals surface area contributed by atoms with E-state index in [1.54, 1.807) is 13.2 Å². The van der Waals surface area contributed by atoms with Crippen LogP contribution in [0.25, 0.3) is 10.8 Å². The van der Waals surface area contributed by atoms with Crippen LogP contribution in [0.3, 0.4) is 0 Å². The summed E-state index contributed by atoms with van der Waals surface area (Å²) in [4.78, 5) is 14.3. The monoisotopic (exact) mass is 343 g/mol. The number of hydrogen-bond donors (Lipinski definition) is 1. The van der Waals surface area contributed by atoms with Crippen molar-refractivity contribution in [3.05, 3.63) is 35.9 Å². The van der Waals surface area contributed by atoms with E-state index < -0.39 is 0 Å². The first kappa shape index (κ1) is 17.5. The van der Waals surface area contributed by atoms with Crippen molar-refractivity contribution in [1.82, 2.24) is 4.90 Å². The van der Waals surface area contributed by atoms with Gasteiger partial charge >= 0.3 is 5.97 Å². The number of phenols is 1. The molecule has 1 aliphatic rings. The Balaban J connectivity index is 1.84. The molecule has 0 unspecified atom stereocenters. The first-order valence-electron chi connectivity index (χ1n) is 8.80. The van der Waals surface area contributed by atoms with Gasteiger partial charge in [-0.05, 0) is 55.3 Å². The third kappa shape index (κ3) is 3.87. The van der Waals surface area contributed by atoms with Gasteiger partial charge < -0.3 is 14.6 Å². The van der Waals surface area contributed by atoms with E-state index in [1.165, 1.54) is 0 Å². The lowest BCUT2D eigenvalue weighted by molar-refractivity contribution is -0.150. The van der Waals surface area contributed by atoms with E-state index in [-0.39, 0.29) is 17.6 Å². The SMILES string of the molecule is CCOC(=O)[C@@H]1CCCN(Cc2c(O)ccc3ccc(OC)cc23)C1. The molecule has 1 fully saturated rings. The minimum Gasteiger partial charge on any atom is -0.508 e. The first-order valence-corrected chi connectivity index (χ1v) is 8.80. The van der Waals surface area contributed by atoms with E-state index >= 15 is 0 Å². The van der Waals surface area contributed by atoms with Crippen LogP contribution in [0.15, 0.2) is 30.3 Å². The minimum absolute atomic E-state index is 0.0830. The van der Waals surface area contributed by atoms with Crippen molar-refractivity contribution in [2.45, 2.75) is 26.3 Å². The van der Waals surface area contributed by atoms with Crippen LogP contribution in [0.4, 0.5) is 0 Å². The largest absolute Gasteiger partial charge is 0.508 e. The predicted octanol–water partition coefficient (Wildman–Crippen LogP) is 3.33. The van der Waals surface area contributed by atoms with Crippen molar-refractivity contribution in [2.75, 3.05) is 26.8 Å². The molecule has 0 aromatic heterocycles. The maximum atomic E-state index is 12.0. The number of ether oxygens (including phenoxy) is 2. The highest BCUT2D eigenvalue weighted by atomic mass is 16.5. The molecule has 0 saturated carbocycles. The fraction of sp³-hybridized carbons (Fsp3) is 0.450. The molecule has 3 rings (SSSR count). The number of aromatic hydroxyl groups is 1. The number of benzene rings is 2. The molecular formula is C20H25NO4. The Morgan fingerprint density at radius 3 is 2.88 bits per heavy atom. The number of hydrogen-bond acceptors (Lipinski definition) is 5. The minimum atomic E-state index is -0.115. The second-order valence-corrected chi connectivity index (χ2v) is 6.48. The van der Waals surface area contributed by atoms with Crippen LogP contribution in [0, 0.1) is 5.92 Å². The van der Waals surface area contributed by atoms with Crippen molar-refractivity contribution < 1.29 is 19.4 Å². The first-order chi connectivity index (χ1) is 12.1. The smallest absolute Gasteiger partial charge is 0.310 e. The second-order valence-electron chi connectivity index (χ2n) is 6.48. The summed E-state index contributed by atoms with van der Waals surface area (Å²) in [6.45, 7) is 4.43. The summed E-state index contributed by atoms with van der Waals surface area (Å²) in [5.74, 6) is 0.845. The number of carbonyl (C=O) groups excluding carboxylic acids is 1. The van der Waals surface area contributed by atoms with E-state index in [0.717, 1.165) is 41.5 Å². The quantitative estimate of drug-likeness (QED) is 0.844. The number of carbonyl (C=O) groups is 1. The standard InChI is InChI=1S/C20H25NO4/c1-3-25-20(23)15-5-4-10-21(12-15)13-18-17-11-16(24-2)8-6-14(17)7-9-19(18)22/h6-9,11,15,22H,3-5,10,12-13H2,1-2H3/t15-/m1/s1. The van der Waals surface area contributed by atoms with E-state index in [9.17, 15) is 9.90 Å². The summed E-state index contributed by atoms with van der Waals surface area (Å²) in [6.07, 6.45) is 1.82. The predicted molar refractivity (Wildman–Crippen MR) is 96.8 cm³/mol. The number of esters is 1. The van der Waals surface area contributed by atoms with Gasteiger partial charge in [0.15, 0.2) is 0 Å². The van der Waals surface area contributed by atoms with Gasteiger partial charge in [0, 0.05) is 18.7 Å². The van der Waals surface area contributed by atoms with Crippen molar-refractivity contribution in [1.29, 1.82) is 0 Å². The zero-order valence-electron chi connectivity index (χ0n) is 14.8. The van der Waals surface area contributed by atoms with Gasteiger partial charge in [-0.15, -0.1) is 0 Å². The number of rotatable bonds is 5. The Bertz CT molecular complexity index is 759. The fourth-order valence-electron chi connectivity index (χ4n) is 3.52. The zero-order valence-corrected chi connectivity index (χ0v) is 14.8. The van der Waals surface area contributed by atoms with E-state index in [2.05, 4.69) is 4.90 Å². The maximum Gasteiger partial charge on any atom is 0.310 e. The number of likely N-dealkylation sites (tertiary alicyclic amines) is 1. The summed E-state index contributed by atoms with van der Waals surface area (Å²) in [5.41, 5.74) is 0.876. The van der Waals surface area contributed by atoms with E-state index in [1.807, 2.05) is 31.2 Å². The molecule has 1 N–H and O–H groups in total. The van der Waals surface area contributed by atoms with Gasteiger partial charge in [-0.3, -0.25) is 9.69 Å². The molecule has 0 amide bonds. The average molecular weight is 343 g/mol. The Morgan fingerprint density at radius 2 is 2.12 bits per heavy atom. The molecule has 2 aromatic carbocycles. The van der Waals surface area contributed by atoms with Crippen molar-refractivity contribution in [3.8, 4) is 11.5 Å². The highest BCUT2D eigenvalue weighted by molar-refractivity contribution is 5.89. The Kier molecular flexibility index (Phi) is 5.43. The van der Waals surface area contributed by atoms with Crippen LogP contribution in [0.1, 0.15) is 25.3 Å². The molecule has 0 bridgehead atoms. The third-order valence-corrected chi connectivity index (χ3v) is 4.82. The highest BCUT2D eigenvalue weighted by Crippen LogP contribution is 2.32. The summed E-state index contributed by atoms with van der Waals surface area (Å²) >= 11 is 0. The van der Waals surface area contributed by atoms with Gasteiger partial charge in [-0.2, -0.15) is 0 Å². The van der Waals surface area contributed by atoms with Crippen molar-refractivity contribution >= 4 is 16.7 Å². The molecule has 1 saturated heterocycles. The van der Waals surface area contributed by atoms with Crippen molar-refractivity contribution in [2.24, 2.45) is 5.92 Å². The zero-order chi connectivity index (χ0) is 17.8. The Hall–Kier alpha value is -2.27. The van der Waals surface area contributed by atoms with Crippen LogP contribution in [-0.2, 0) is 16.1 Å². The molecular weight excluding hydrogens is 318 g/mol. The van der Waals surface area contributed by atoms with Gasteiger partial charge in [0.2, 0.25) is 0 Å². The van der Waals surface area contributed by atoms with E-state index in [0.29, 0.717) is 19.7 Å². The lowest BCUT2D eigenvalue weighted by atomic mass is 9.96. The molecule has 0 spiro atoms. The lowest BCUT2D eigenvalue weighted by Gasteiger charge is -2.31. The number of fused-ring (bicyclic) bond motifs is 1. The second kappa shape index (κ2) is 7.74. The summed E-state index contributed by atoms with van der Waals surface area (Å²) < 4.78 is 10.5. The molecule has 1 aliphatic heterocycles. The molecule has 5 heteroatoms. The molecule has 0 aliphatic carbocycles. The molecule has 1 atom stereocenters.